The van der Waals surface area contributed by atoms with Crippen LogP contribution in [0.25, 0.3) is 0 Å². The van der Waals surface area contributed by atoms with Gasteiger partial charge in [0.25, 0.3) is 0 Å². The van der Waals surface area contributed by atoms with E-state index in [1.54, 1.807) is 0 Å². The Morgan fingerprint density at radius 1 is 1.00 bits per heavy atom. The first kappa shape index (κ1) is 21.5. The smallest absolute Gasteiger partial charge is 0.223 e. The molecule has 0 aromatic heterocycles. The molecule has 1 aliphatic rings. The first-order valence-corrected chi connectivity index (χ1v) is 11.8. The second kappa shape index (κ2) is 9.09. The van der Waals surface area contributed by atoms with Crippen molar-refractivity contribution >= 4 is 15.9 Å². The molecule has 1 saturated heterocycles. The minimum Gasteiger partial charge on any atom is -0.349 e. The van der Waals surface area contributed by atoms with Crippen molar-refractivity contribution in [3.8, 4) is 0 Å². The molecule has 1 aliphatic heterocycles. The fourth-order valence-corrected chi connectivity index (χ4v) is 5.22. The topological polar surface area (TPSA) is 66.5 Å². The number of amides is 1. The van der Waals surface area contributed by atoms with Crippen LogP contribution in [0.3, 0.4) is 0 Å². The molecule has 2 aromatic carbocycles. The molecule has 0 aliphatic carbocycles. The van der Waals surface area contributed by atoms with Gasteiger partial charge in [-0.25, -0.2) is 12.7 Å². The van der Waals surface area contributed by atoms with Gasteiger partial charge in [0.1, 0.15) is 0 Å². The average molecular weight is 415 g/mol. The number of benzene rings is 2. The third-order valence-corrected chi connectivity index (χ3v) is 7.47. The zero-order chi connectivity index (χ0) is 21.0. The van der Waals surface area contributed by atoms with Gasteiger partial charge in [-0.1, -0.05) is 59.7 Å². The lowest BCUT2D eigenvalue weighted by Gasteiger charge is -2.31. The minimum atomic E-state index is -3.37. The second-order valence-electron chi connectivity index (χ2n) is 8.06. The maximum absolute atomic E-state index is 12.7. The molecule has 1 heterocycles. The number of piperidine rings is 1. The van der Waals surface area contributed by atoms with Crippen molar-refractivity contribution in [3.63, 3.8) is 0 Å². The molecule has 0 spiro atoms. The quantitative estimate of drug-likeness (QED) is 0.783. The van der Waals surface area contributed by atoms with E-state index >= 15 is 0 Å². The molecule has 2 aromatic rings. The summed E-state index contributed by atoms with van der Waals surface area (Å²) < 4.78 is 27.0. The third kappa shape index (κ3) is 5.67. The fraction of sp³-hybridized carbons (Fsp3) is 0.435. The molecule has 29 heavy (non-hydrogen) atoms. The monoisotopic (exact) mass is 414 g/mol. The number of carbonyl (C=O) groups is 1. The van der Waals surface area contributed by atoms with Crippen LogP contribution in [0.2, 0.25) is 0 Å². The van der Waals surface area contributed by atoms with Crippen LogP contribution in [0, 0.1) is 19.8 Å². The van der Waals surface area contributed by atoms with E-state index in [4.69, 9.17) is 0 Å². The van der Waals surface area contributed by atoms with Crippen LogP contribution >= 0.6 is 0 Å². The summed E-state index contributed by atoms with van der Waals surface area (Å²) in [5, 5.41) is 3.08. The van der Waals surface area contributed by atoms with E-state index in [-0.39, 0.29) is 23.6 Å². The standard InChI is InChI=1S/C23H30N2O3S/c1-17-4-8-20(9-5-17)16-29(27,28)25-14-12-22(13-15-25)23(26)24-19(3)21-10-6-18(2)7-11-21/h4-11,19,22H,12-16H2,1-3H3,(H,24,26)/t19-/m0/s1. The van der Waals surface area contributed by atoms with Crippen LogP contribution in [0.15, 0.2) is 48.5 Å². The molecule has 5 nitrogen and oxygen atoms in total. The van der Waals surface area contributed by atoms with Crippen molar-refractivity contribution in [1.82, 2.24) is 9.62 Å². The van der Waals surface area contributed by atoms with Gasteiger partial charge in [-0.2, -0.15) is 0 Å². The van der Waals surface area contributed by atoms with Gasteiger partial charge in [0.15, 0.2) is 0 Å². The van der Waals surface area contributed by atoms with Gasteiger partial charge in [-0.3, -0.25) is 4.79 Å². The molecule has 6 heteroatoms. The molecular formula is C23H30N2O3S. The summed E-state index contributed by atoms with van der Waals surface area (Å²) in [5.74, 6) is -0.128. The Hall–Kier alpha value is -2.18. The lowest BCUT2D eigenvalue weighted by Crippen LogP contribution is -2.43. The number of nitrogens with zero attached hydrogens (tertiary/aromatic N) is 1. The van der Waals surface area contributed by atoms with Crippen molar-refractivity contribution in [2.24, 2.45) is 5.92 Å². The lowest BCUT2D eigenvalue weighted by molar-refractivity contribution is -0.126. The average Bonchev–Trinajstić information content (AvgIpc) is 2.70. The molecule has 0 bridgehead atoms. The largest absolute Gasteiger partial charge is 0.349 e. The Balaban J connectivity index is 1.53. The highest BCUT2D eigenvalue weighted by Crippen LogP contribution is 2.23. The predicted octanol–water partition coefficient (Wildman–Crippen LogP) is 3.72. The van der Waals surface area contributed by atoms with Gasteiger partial charge < -0.3 is 5.32 Å². The zero-order valence-corrected chi connectivity index (χ0v) is 18.2. The van der Waals surface area contributed by atoms with E-state index < -0.39 is 10.0 Å². The Morgan fingerprint density at radius 3 is 2.07 bits per heavy atom. The van der Waals surface area contributed by atoms with Gasteiger partial charge in [0.05, 0.1) is 11.8 Å². The highest BCUT2D eigenvalue weighted by molar-refractivity contribution is 7.88. The van der Waals surface area contributed by atoms with E-state index in [1.165, 1.54) is 9.87 Å². The number of sulfonamides is 1. The number of hydrogen-bond acceptors (Lipinski definition) is 3. The first-order valence-electron chi connectivity index (χ1n) is 10.1. The van der Waals surface area contributed by atoms with Crippen LogP contribution in [0.1, 0.15) is 48.1 Å². The van der Waals surface area contributed by atoms with E-state index in [9.17, 15) is 13.2 Å². The molecule has 1 N–H and O–H groups in total. The van der Waals surface area contributed by atoms with E-state index in [0.717, 1.165) is 16.7 Å². The first-order chi connectivity index (χ1) is 13.7. The van der Waals surface area contributed by atoms with Crippen LogP contribution in [0.5, 0.6) is 0 Å². The van der Waals surface area contributed by atoms with Crippen molar-refractivity contribution < 1.29 is 13.2 Å². The van der Waals surface area contributed by atoms with E-state index in [0.29, 0.717) is 25.9 Å². The second-order valence-corrected chi connectivity index (χ2v) is 10.0. The summed E-state index contributed by atoms with van der Waals surface area (Å²) in [6.07, 6.45) is 1.11. The number of hydrogen-bond donors (Lipinski definition) is 1. The molecule has 156 valence electrons. The molecule has 1 fully saturated rings. The number of rotatable bonds is 6. The maximum Gasteiger partial charge on any atom is 0.223 e. The molecule has 0 saturated carbocycles. The fourth-order valence-electron chi connectivity index (χ4n) is 3.65. The summed E-state index contributed by atoms with van der Waals surface area (Å²) in [5.41, 5.74) is 4.16. The summed E-state index contributed by atoms with van der Waals surface area (Å²) in [7, 11) is -3.37. The van der Waals surface area contributed by atoms with Crippen LogP contribution in [-0.4, -0.2) is 31.7 Å². The van der Waals surface area contributed by atoms with Crippen molar-refractivity contribution in [1.29, 1.82) is 0 Å². The molecule has 0 radical (unpaired) electrons. The lowest BCUT2D eigenvalue weighted by atomic mass is 9.96. The van der Waals surface area contributed by atoms with Crippen molar-refractivity contribution in [2.45, 2.75) is 45.4 Å². The predicted molar refractivity (Wildman–Crippen MR) is 116 cm³/mol. The molecule has 0 unspecified atom stereocenters. The molecule has 1 atom stereocenters. The SMILES string of the molecule is Cc1ccc(CS(=O)(=O)N2CCC(C(=O)N[C@@H](C)c3ccc(C)cc3)CC2)cc1. The number of carbonyl (C=O) groups excluding carboxylic acids is 1. The zero-order valence-electron chi connectivity index (χ0n) is 17.4. The van der Waals surface area contributed by atoms with E-state index in [2.05, 4.69) is 5.32 Å². The van der Waals surface area contributed by atoms with Gasteiger partial charge in [0, 0.05) is 19.0 Å². The van der Waals surface area contributed by atoms with Crippen LogP contribution < -0.4 is 5.32 Å². The normalized spacial score (nSPS) is 17.1. The van der Waals surface area contributed by atoms with Gasteiger partial charge in [-0.05, 0) is 44.7 Å². The van der Waals surface area contributed by atoms with Crippen LogP contribution in [0.4, 0.5) is 0 Å². The van der Waals surface area contributed by atoms with Crippen LogP contribution in [-0.2, 0) is 20.6 Å². The Labute approximate surface area is 174 Å². The summed E-state index contributed by atoms with van der Waals surface area (Å²) in [4.78, 5) is 12.6. The highest BCUT2D eigenvalue weighted by Gasteiger charge is 2.31. The van der Waals surface area contributed by atoms with Crippen molar-refractivity contribution in [3.05, 3.63) is 70.8 Å². The molecule has 3 rings (SSSR count). The van der Waals surface area contributed by atoms with Crippen molar-refractivity contribution in [2.75, 3.05) is 13.1 Å². The molecule has 1 amide bonds. The van der Waals surface area contributed by atoms with Gasteiger partial charge in [-0.15, -0.1) is 0 Å². The Bertz CT molecular complexity index is 929. The summed E-state index contributed by atoms with van der Waals surface area (Å²) in [6.45, 7) is 6.78. The van der Waals surface area contributed by atoms with Gasteiger partial charge in [0.2, 0.25) is 15.9 Å². The maximum atomic E-state index is 12.7. The number of nitrogens with one attached hydrogen (secondary N) is 1. The van der Waals surface area contributed by atoms with E-state index in [1.807, 2.05) is 69.3 Å². The Morgan fingerprint density at radius 2 is 1.52 bits per heavy atom. The molecular weight excluding hydrogens is 384 g/mol. The minimum absolute atomic E-state index is 0.00802. The third-order valence-electron chi connectivity index (χ3n) is 5.62. The summed E-state index contributed by atoms with van der Waals surface area (Å²) in [6, 6.07) is 15.6. The highest BCUT2D eigenvalue weighted by atomic mass is 32.2. The Kier molecular flexibility index (Phi) is 6.75. The number of aryl methyl sites for hydroxylation is 2. The summed E-state index contributed by atoms with van der Waals surface area (Å²) >= 11 is 0. The van der Waals surface area contributed by atoms with Gasteiger partial charge >= 0.3 is 0 Å².